The molecule has 0 amide bonds. The molecular formula is C8H7ClF3NO4S. The molecule has 1 heterocycles. The lowest BCUT2D eigenvalue weighted by molar-refractivity contribution is -0.276. The first kappa shape index (κ1) is 14.8. The van der Waals surface area contributed by atoms with Crippen LogP contribution in [0, 0.1) is 6.92 Å². The van der Waals surface area contributed by atoms with Gasteiger partial charge in [-0.3, -0.25) is 4.98 Å². The summed E-state index contributed by atoms with van der Waals surface area (Å²) in [5.41, 5.74) is -0.285. The third-order valence-corrected chi connectivity index (χ3v) is 3.15. The zero-order chi connectivity index (χ0) is 14.1. The van der Waals surface area contributed by atoms with Crippen molar-refractivity contribution >= 4 is 19.7 Å². The summed E-state index contributed by atoms with van der Waals surface area (Å²) in [5.74, 6) is -1.44. The molecule has 0 spiro atoms. The number of aromatic nitrogens is 1. The zero-order valence-corrected chi connectivity index (χ0v) is 10.7. The Morgan fingerprint density at radius 2 is 1.94 bits per heavy atom. The molecule has 0 N–H and O–H groups in total. The van der Waals surface area contributed by atoms with Crippen LogP contribution in [0.25, 0.3) is 0 Å². The van der Waals surface area contributed by atoms with Crippen molar-refractivity contribution in [3.63, 3.8) is 0 Å². The molecule has 102 valence electrons. The molecule has 0 aliphatic rings. The lowest BCUT2D eigenvalue weighted by Crippen LogP contribution is -2.20. The molecule has 0 fully saturated rings. The summed E-state index contributed by atoms with van der Waals surface area (Å²) < 4.78 is 67.4. The van der Waals surface area contributed by atoms with Crippen LogP contribution in [-0.4, -0.2) is 26.9 Å². The average molecular weight is 306 g/mol. The van der Waals surface area contributed by atoms with Crippen LogP contribution in [0.4, 0.5) is 13.2 Å². The second-order valence-electron chi connectivity index (χ2n) is 3.06. The van der Waals surface area contributed by atoms with Crippen molar-refractivity contribution < 1.29 is 31.1 Å². The van der Waals surface area contributed by atoms with Crippen molar-refractivity contribution in [2.75, 3.05) is 7.11 Å². The van der Waals surface area contributed by atoms with Gasteiger partial charge in [0.15, 0.2) is 16.4 Å². The normalized spacial score (nSPS) is 12.3. The highest BCUT2D eigenvalue weighted by Crippen LogP contribution is 2.39. The maximum Gasteiger partial charge on any atom is 0.573 e. The van der Waals surface area contributed by atoms with Crippen LogP contribution in [0.2, 0.25) is 0 Å². The van der Waals surface area contributed by atoms with Gasteiger partial charge in [0.05, 0.1) is 19.0 Å². The van der Waals surface area contributed by atoms with Crippen LogP contribution >= 0.6 is 10.7 Å². The van der Waals surface area contributed by atoms with Gasteiger partial charge in [0.2, 0.25) is 0 Å². The maximum atomic E-state index is 12.2. The number of ether oxygens (including phenoxy) is 2. The Hall–Kier alpha value is -1.22. The number of hydrogen-bond donors (Lipinski definition) is 0. The maximum absolute atomic E-state index is 12.2. The smallest absolute Gasteiger partial charge is 0.494 e. The molecule has 1 rings (SSSR count). The van der Waals surface area contributed by atoms with E-state index in [1.165, 1.54) is 0 Å². The van der Waals surface area contributed by atoms with Crippen LogP contribution in [0.15, 0.2) is 11.1 Å². The van der Waals surface area contributed by atoms with Gasteiger partial charge in [-0.05, 0) is 6.92 Å². The molecule has 0 atom stereocenters. The van der Waals surface area contributed by atoms with Crippen LogP contribution in [0.1, 0.15) is 5.69 Å². The Bertz CT molecular complexity index is 558. The number of nitrogens with zero attached hydrogens (tertiary/aromatic N) is 1. The molecule has 0 aromatic carbocycles. The summed E-state index contributed by atoms with van der Waals surface area (Å²) in [6.45, 7) is 1.14. The van der Waals surface area contributed by atoms with Crippen molar-refractivity contribution in [3.8, 4) is 11.5 Å². The largest absolute Gasteiger partial charge is 0.573 e. The highest BCUT2D eigenvalue weighted by Gasteiger charge is 2.36. The first-order chi connectivity index (χ1) is 8.06. The SMILES string of the molecule is COc1cnc(C)c(OC(F)(F)F)c1S(=O)(=O)Cl. The molecule has 0 unspecified atom stereocenters. The first-order valence-corrected chi connectivity index (χ1v) is 6.61. The number of rotatable bonds is 3. The summed E-state index contributed by atoms with van der Waals surface area (Å²) in [6, 6.07) is 0. The third kappa shape index (κ3) is 3.39. The fraction of sp³-hybridized carbons (Fsp3) is 0.375. The third-order valence-electron chi connectivity index (χ3n) is 1.82. The Balaban J connectivity index is 3.57. The predicted molar refractivity (Wildman–Crippen MR) is 55.2 cm³/mol. The Labute approximate surface area is 105 Å². The van der Waals surface area contributed by atoms with Crippen molar-refractivity contribution in [1.82, 2.24) is 4.98 Å². The van der Waals surface area contributed by atoms with Gasteiger partial charge in [-0.15, -0.1) is 13.2 Å². The van der Waals surface area contributed by atoms with Crippen molar-refractivity contribution in [2.24, 2.45) is 0 Å². The second-order valence-corrected chi connectivity index (χ2v) is 5.56. The molecule has 0 aliphatic heterocycles. The van der Waals surface area contributed by atoms with E-state index in [9.17, 15) is 21.6 Å². The van der Waals surface area contributed by atoms with Crippen molar-refractivity contribution in [2.45, 2.75) is 18.2 Å². The molecular weight excluding hydrogens is 299 g/mol. The lowest BCUT2D eigenvalue weighted by Gasteiger charge is -2.15. The van der Waals surface area contributed by atoms with E-state index in [0.717, 1.165) is 20.2 Å². The monoisotopic (exact) mass is 305 g/mol. The van der Waals surface area contributed by atoms with E-state index in [1.54, 1.807) is 0 Å². The quantitative estimate of drug-likeness (QED) is 0.801. The number of halogens is 4. The summed E-state index contributed by atoms with van der Waals surface area (Å²) in [5, 5.41) is 0. The second kappa shape index (κ2) is 4.81. The molecule has 1 aromatic rings. The van der Waals surface area contributed by atoms with Gasteiger partial charge in [0.25, 0.3) is 9.05 Å². The molecule has 0 bridgehead atoms. The topological polar surface area (TPSA) is 65.5 Å². The van der Waals surface area contributed by atoms with Gasteiger partial charge in [-0.25, -0.2) is 8.42 Å². The van der Waals surface area contributed by atoms with Crippen LogP contribution in [0.3, 0.4) is 0 Å². The molecule has 10 heteroatoms. The zero-order valence-electron chi connectivity index (χ0n) is 9.08. The lowest BCUT2D eigenvalue weighted by atomic mass is 10.3. The van der Waals surface area contributed by atoms with E-state index in [-0.39, 0.29) is 5.69 Å². The molecule has 1 aromatic heterocycles. The van der Waals surface area contributed by atoms with Crippen molar-refractivity contribution in [1.29, 1.82) is 0 Å². The van der Waals surface area contributed by atoms with E-state index in [2.05, 4.69) is 14.5 Å². The van der Waals surface area contributed by atoms with Gasteiger partial charge in [-0.1, -0.05) is 0 Å². The summed E-state index contributed by atoms with van der Waals surface area (Å²) in [7, 11) is 1.64. The molecule has 0 aliphatic carbocycles. The van der Waals surface area contributed by atoms with Gasteiger partial charge >= 0.3 is 6.36 Å². The van der Waals surface area contributed by atoms with E-state index in [1.807, 2.05) is 0 Å². The number of methoxy groups -OCH3 is 1. The summed E-state index contributed by atoms with van der Waals surface area (Å²) in [6.07, 6.45) is -4.14. The molecule has 5 nitrogen and oxygen atoms in total. The number of alkyl halides is 3. The number of hydrogen-bond acceptors (Lipinski definition) is 5. The van der Waals surface area contributed by atoms with Gasteiger partial charge in [0, 0.05) is 10.7 Å². The average Bonchev–Trinajstić information content (AvgIpc) is 2.17. The number of pyridine rings is 1. The Morgan fingerprint density at radius 3 is 2.33 bits per heavy atom. The van der Waals surface area contributed by atoms with Crippen LogP contribution in [-0.2, 0) is 9.05 Å². The summed E-state index contributed by atoms with van der Waals surface area (Å²) in [4.78, 5) is 2.63. The standard InChI is InChI=1S/C8H7ClF3NO4S/c1-4-6(17-8(10,11)12)7(18(9,14)15)5(16-2)3-13-4/h3H,1-2H3. The fourth-order valence-electron chi connectivity index (χ4n) is 1.16. The van der Waals surface area contributed by atoms with Gasteiger partial charge in [-0.2, -0.15) is 0 Å². The minimum Gasteiger partial charge on any atom is -0.494 e. The fourth-order valence-corrected chi connectivity index (χ4v) is 2.39. The molecule has 0 radical (unpaired) electrons. The minimum absolute atomic E-state index is 0.285. The number of aryl methyl sites for hydroxylation is 1. The van der Waals surface area contributed by atoms with Gasteiger partial charge in [0.1, 0.15) is 0 Å². The van der Waals surface area contributed by atoms with E-state index in [4.69, 9.17) is 10.7 Å². The van der Waals surface area contributed by atoms with Crippen molar-refractivity contribution in [3.05, 3.63) is 11.9 Å². The Kier molecular flexibility index (Phi) is 3.96. The molecule has 0 saturated heterocycles. The summed E-state index contributed by atoms with van der Waals surface area (Å²) >= 11 is 0. The molecule has 0 saturated carbocycles. The predicted octanol–water partition coefficient (Wildman–Crippen LogP) is 2.22. The van der Waals surface area contributed by atoms with E-state index < -0.39 is 31.8 Å². The highest BCUT2D eigenvalue weighted by molar-refractivity contribution is 8.13. The van der Waals surface area contributed by atoms with E-state index in [0.29, 0.717) is 0 Å². The Morgan fingerprint density at radius 1 is 1.39 bits per heavy atom. The van der Waals surface area contributed by atoms with Gasteiger partial charge < -0.3 is 9.47 Å². The van der Waals surface area contributed by atoms with Crippen LogP contribution < -0.4 is 9.47 Å². The highest BCUT2D eigenvalue weighted by atomic mass is 35.7. The van der Waals surface area contributed by atoms with Crippen LogP contribution in [0.5, 0.6) is 11.5 Å². The first-order valence-electron chi connectivity index (χ1n) is 4.30. The minimum atomic E-state index is -5.07. The molecule has 18 heavy (non-hydrogen) atoms. The van der Waals surface area contributed by atoms with E-state index >= 15 is 0 Å².